The zero-order valence-electron chi connectivity index (χ0n) is 15.5. The Morgan fingerprint density at radius 3 is 2.21 bits per heavy atom. The van der Waals surface area contributed by atoms with Crippen LogP contribution in [0.25, 0.3) is 22.4 Å². The molecule has 0 aliphatic carbocycles. The van der Waals surface area contributed by atoms with E-state index in [1.165, 1.54) is 0 Å². The van der Waals surface area contributed by atoms with Gasteiger partial charge >= 0.3 is 0 Å². The molecular formula is C22H19N3O3. The first kappa shape index (κ1) is 17.6. The van der Waals surface area contributed by atoms with Crippen LogP contribution in [0.15, 0.2) is 66.7 Å². The highest BCUT2D eigenvalue weighted by molar-refractivity contribution is 5.97. The van der Waals surface area contributed by atoms with Gasteiger partial charge < -0.3 is 19.8 Å². The van der Waals surface area contributed by atoms with Crippen LogP contribution >= 0.6 is 0 Å². The van der Waals surface area contributed by atoms with Crippen LogP contribution in [0.3, 0.4) is 0 Å². The van der Waals surface area contributed by atoms with Crippen molar-refractivity contribution >= 4 is 16.9 Å². The van der Waals surface area contributed by atoms with E-state index in [-0.39, 0.29) is 5.91 Å². The van der Waals surface area contributed by atoms with Gasteiger partial charge in [0.1, 0.15) is 23.1 Å². The number of hydrogen-bond donors (Lipinski definition) is 2. The van der Waals surface area contributed by atoms with Gasteiger partial charge in [-0.15, -0.1) is 0 Å². The van der Waals surface area contributed by atoms with Crippen LogP contribution in [0.2, 0.25) is 0 Å². The summed E-state index contributed by atoms with van der Waals surface area (Å²) in [5, 5.41) is 2.62. The maximum absolute atomic E-state index is 11.8. The number of benzene rings is 3. The van der Waals surface area contributed by atoms with Gasteiger partial charge in [0, 0.05) is 18.2 Å². The predicted octanol–water partition coefficient (Wildman–Crippen LogP) is 4.39. The Morgan fingerprint density at radius 1 is 0.929 bits per heavy atom. The smallest absolute Gasteiger partial charge is 0.251 e. The van der Waals surface area contributed by atoms with Crippen molar-refractivity contribution < 1.29 is 14.3 Å². The van der Waals surface area contributed by atoms with Crippen molar-refractivity contribution in [2.45, 2.75) is 0 Å². The number of nitrogens with zero attached hydrogens (tertiary/aromatic N) is 1. The first-order valence-corrected chi connectivity index (χ1v) is 8.80. The van der Waals surface area contributed by atoms with Gasteiger partial charge in [-0.25, -0.2) is 4.98 Å². The number of methoxy groups -OCH3 is 1. The minimum Gasteiger partial charge on any atom is -0.497 e. The van der Waals surface area contributed by atoms with E-state index in [0.29, 0.717) is 5.56 Å². The van der Waals surface area contributed by atoms with E-state index in [1.54, 1.807) is 26.3 Å². The lowest BCUT2D eigenvalue weighted by atomic mass is 10.2. The van der Waals surface area contributed by atoms with Crippen molar-refractivity contribution in [1.29, 1.82) is 0 Å². The van der Waals surface area contributed by atoms with E-state index in [9.17, 15) is 4.79 Å². The van der Waals surface area contributed by atoms with Crippen molar-refractivity contribution in [2.24, 2.45) is 0 Å². The highest BCUT2D eigenvalue weighted by Crippen LogP contribution is 2.27. The fourth-order valence-electron chi connectivity index (χ4n) is 2.89. The van der Waals surface area contributed by atoms with Crippen LogP contribution in [0.1, 0.15) is 10.4 Å². The molecule has 140 valence electrons. The highest BCUT2D eigenvalue weighted by Gasteiger charge is 2.09. The number of carbonyl (C=O) groups excluding carboxylic acids is 1. The van der Waals surface area contributed by atoms with E-state index in [0.717, 1.165) is 39.7 Å². The van der Waals surface area contributed by atoms with Gasteiger partial charge in [-0.05, 0) is 66.7 Å². The van der Waals surface area contributed by atoms with Crippen molar-refractivity contribution in [2.75, 3.05) is 14.2 Å². The Balaban J connectivity index is 1.55. The van der Waals surface area contributed by atoms with E-state index >= 15 is 0 Å². The fourth-order valence-corrected chi connectivity index (χ4v) is 2.89. The molecule has 0 radical (unpaired) electrons. The van der Waals surface area contributed by atoms with Crippen molar-refractivity contribution in [3.63, 3.8) is 0 Å². The summed E-state index contributed by atoms with van der Waals surface area (Å²) in [5.41, 5.74) is 3.14. The zero-order chi connectivity index (χ0) is 19.5. The Labute approximate surface area is 162 Å². The zero-order valence-corrected chi connectivity index (χ0v) is 15.5. The number of fused-ring (bicyclic) bond motifs is 1. The number of hydrogen-bond acceptors (Lipinski definition) is 4. The third-order valence-electron chi connectivity index (χ3n) is 4.39. The van der Waals surface area contributed by atoms with Crippen LogP contribution in [-0.2, 0) is 0 Å². The second kappa shape index (κ2) is 7.44. The Bertz CT molecular complexity index is 1120. The number of aromatic amines is 1. The molecule has 0 saturated carbocycles. The summed E-state index contributed by atoms with van der Waals surface area (Å²) in [6.07, 6.45) is 0. The number of H-pyrrole nitrogens is 1. The summed E-state index contributed by atoms with van der Waals surface area (Å²) < 4.78 is 11.0. The molecule has 0 atom stereocenters. The molecule has 0 unspecified atom stereocenters. The van der Waals surface area contributed by atoms with Gasteiger partial charge in [0.25, 0.3) is 5.91 Å². The Hall–Kier alpha value is -3.80. The molecule has 0 aliphatic rings. The summed E-state index contributed by atoms with van der Waals surface area (Å²) >= 11 is 0. The minimum atomic E-state index is -0.127. The number of nitrogens with one attached hydrogen (secondary N) is 2. The Kier molecular flexibility index (Phi) is 4.68. The van der Waals surface area contributed by atoms with Gasteiger partial charge in [-0.1, -0.05) is 0 Å². The molecule has 4 rings (SSSR count). The molecule has 1 heterocycles. The third kappa shape index (κ3) is 3.53. The lowest BCUT2D eigenvalue weighted by Gasteiger charge is -2.07. The van der Waals surface area contributed by atoms with E-state index in [4.69, 9.17) is 9.47 Å². The van der Waals surface area contributed by atoms with E-state index < -0.39 is 0 Å². The second-order valence-corrected chi connectivity index (χ2v) is 6.20. The SMILES string of the molecule is CNC(=O)c1ccc2nc(-c3ccc(Oc4ccc(OC)cc4)cc3)[nH]c2c1. The summed E-state index contributed by atoms with van der Waals surface area (Å²) in [7, 11) is 3.24. The summed E-state index contributed by atoms with van der Waals surface area (Å²) in [6, 6.07) is 20.5. The number of ether oxygens (including phenoxy) is 2. The van der Waals surface area contributed by atoms with Crippen molar-refractivity contribution in [3.8, 4) is 28.6 Å². The quantitative estimate of drug-likeness (QED) is 0.544. The molecule has 0 saturated heterocycles. The second-order valence-electron chi connectivity index (χ2n) is 6.20. The molecule has 0 spiro atoms. The molecule has 6 heteroatoms. The van der Waals surface area contributed by atoms with Gasteiger partial charge in [0.05, 0.1) is 18.1 Å². The molecular weight excluding hydrogens is 354 g/mol. The van der Waals surface area contributed by atoms with Crippen LogP contribution in [-0.4, -0.2) is 30.0 Å². The monoisotopic (exact) mass is 373 g/mol. The molecule has 0 aliphatic heterocycles. The molecule has 4 aromatic rings. The first-order chi connectivity index (χ1) is 13.7. The standard InChI is InChI=1S/C22H19N3O3/c1-23-22(26)15-5-12-19-20(13-15)25-21(24-19)14-3-6-17(7-4-14)28-18-10-8-16(27-2)9-11-18/h3-13H,1-2H3,(H,23,26)(H,24,25). The predicted molar refractivity (Wildman–Crippen MR) is 108 cm³/mol. The number of imidazole rings is 1. The first-order valence-electron chi connectivity index (χ1n) is 8.80. The lowest BCUT2D eigenvalue weighted by molar-refractivity contribution is 0.0963. The number of rotatable bonds is 5. The summed E-state index contributed by atoms with van der Waals surface area (Å²) in [5.74, 6) is 2.86. The maximum Gasteiger partial charge on any atom is 0.251 e. The third-order valence-corrected chi connectivity index (χ3v) is 4.39. The minimum absolute atomic E-state index is 0.127. The van der Waals surface area contributed by atoms with Gasteiger partial charge in [-0.3, -0.25) is 4.79 Å². The average molecular weight is 373 g/mol. The number of carbonyl (C=O) groups is 1. The molecule has 0 bridgehead atoms. The normalized spacial score (nSPS) is 10.6. The van der Waals surface area contributed by atoms with Crippen LogP contribution < -0.4 is 14.8 Å². The van der Waals surface area contributed by atoms with Crippen LogP contribution in [0.5, 0.6) is 17.2 Å². The molecule has 6 nitrogen and oxygen atoms in total. The number of aromatic nitrogens is 2. The molecule has 1 amide bonds. The highest BCUT2D eigenvalue weighted by atomic mass is 16.5. The average Bonchev–Trinajstić information content (AvgIpc) is 3.17. The van der Waals surface area contributed by atoms with Gasteiger partial charge in [-0.2, -0.15) is 0 Å². The maximum atomic E-state index is 11.8. The van der Waals surface area contributed by atoms with Crippen LogP contribution in [0, 0.1) is 0 Å². The van der Waals surface area contributed by atoms with E-state index in [2.05, 4.69) is 15.3 Å². The van der Waals surface area contributed by atoms with E-state index in [1.807, 2.05) is 54.6 Å². The van der Waals surface area contributed by atoms with Crippen molar-refractivity contribution in [3.05, 3.63) is 72.3 Å². The largest absolute Gasteiger partial charge is 0.497 e. The molecule has 0 fully saturated rings. The van der Waals surface area contributed by atoms with Crippen LogP contribution in [0.4, 0.5) is 0 Å². The summed E-state index contributed by atoms with van der Waals surface area (Å²) in [6.45, 7) is 0. The molecule has 28 heavy (non-hydrogen) atoms. The lowest BCUT2D eigenvalue weighted by Crippen LogP contribution is -2.17. The summed E-state index contributed by atoms with van der Waals surface area (Å²) in [4.78, 5) is 19.7. The molecule has 1 aromatic heterocycles. The van der Waals surface area contributed by atoms with Gasteiger partial charge in [0.2, 0.25) is 0 Å². The fraction of sp³-hybridized carbons (Fsp3) is 0.0909. The molecule has 2 N–H and O–H groups in total. The van der Waals surface area contributed by atoms with Crippen molar-refractivity contribution in [1.82, 2.24) is 15.3 Å². The Morgan fingerprint density at radius 2 is 1.57 bits per heavy atom. The molecule has 3 aromatic carbocycles. The number of amides is 1. The topological polar surface area (TPSA) is 76.2 Å². The van der Waals surface area contributed by atoms with Gasteiger partial charge in [0.15, 0.2) is 0 Å².